The Labute approximate surface area is 193 Å². The quantitative estimate of drug-likeness (QED) is 0.625. The van der Waals surface area contributed by atoms with Crippen molar-refractivity contribution in [3.05, 3.63) is 94.9 Å². The van der Waals surface area contributed by atoms with Crippen LogP contribution >= 0.6 is 0 Å². The third-order valence-electron chi connectivity index (χ3n) is 5.46. The van der Waals surface area contributed by atoms with Gasteiger partial charge in [-0.05, 0) is 66.5 Å². The van der Waals surface area contributed by atoms with Crippen LogP contribution in [0.5, 0.6) is 11.5 Å². The van der Waals surface area contributed by atoms with E-state index < -0.39 is 0 Å². The zero-order chi connectivity index (χ0) is 24.1. The molecule has 0 atom stereocenters. The maximum atomic E-state index is 12.0. The predicted octanol–water partition coefficient (Wildman–Crippen LogP) is 4.89. The third kappa shape index (κ3) is 5.41. The molecule has 0 aromatic heterocycles. The number of nitrogens with zero attached hydrogens (tertiary/aromatic N) is 2. The van der Waals surface area contributed by atoms with Crippen molar-refractivity contribution < 1.29 is 20.1 Å². The van der Waals surface area contributed by atoms with E-state index in [9.17, 15) is 20.1 Å². The van der Waals surface area contributed by atoms with Gasteiger partial charge in [0.15, 0.2) is 5.78 Å². The Kier molecular flexibility index (Phi) is 7.18. The van der Waals surface area contributed by atoms with E-state index in [0.29, 0.717) is 18.7 Å². The number of benzene rings is 2. The Balaban J connectivity index is 2.32. The maximum absolute atomic E-state index is 12.0. The average molecular weight is 445 g/mol. The standard InChI is InChI=1S/C27H28N2O4/c1-17-15-25(33)24(19(3)30)16-28-13-14-29(4)27(17)26(21-7-11-23(32)12-8-21)18(2)20-5-9-22(31)10-6-20/h5-12,15-16,31-33H,2,13-14H2,1,3-4H3/b17-15+,25-24-,27-26+,28-16?. The smallest absolute Gasteiger partial charge is 0.165 e. The molecule has 170 valence electrons. The molecule has 0 aliphatic carbocycles. The number of allylic oxidation sites excluding steroid dienone is 5. The molecule has 1 aliphatic heterocycles. The van der Waals surface area contributed by atoms with E-state index in [1.807, 2.05) is 18.9 Å². The second kappa shape index (κ2) is 10.0. The van der Waals surface area contributed by atoms with Crippen molar-refractivity contribution in [2.75, 3.05) is 20.1 Å². The summed E-state index contributed by atoms with van der Waals surface area (Å²) in [5.41, 5.74) is 4.80. The third-order valence-corrected chi connectivity index (χ3v) is 5.46. The van der Waals surface area contributed by atoms with Gasteiger partial charge in [-0.1, -0.05) is 30.8 Å². The zero-order valence-corrected chi connectivity index (χ0v) is 19.0. The molecule has 3 rings (SSSR count). The first kappa shape index (κ1) is 23.6. The van der Waals surface area contributed by atoms with Crippen molar-refractivity contribution >= 4 is 23.1 Å². The van der Waals surface area contributed by atoms with E-state index in [1.165, 1.54) is 13.1 Å². The summed E-state index contributed by atoms with van der Waals surface area (Å²) in [6, 6.07) is 13.6. The van der Waals surface area contributed by atoms with Crippen molar-refractivity contribution in [2.45, 2.75) is 13.8 Å². The van der Waals surface area contributed by atoms with Gasteiger partial charge in [0.25, 0.3) is 0 Å². The average Bonchev–Trinajstić information content (AvgIpc) is 2.77. The van der Waals surface area contributed by atoms with Crippen LogP contribution in [0.15, 0.2) is 88.8 Å². The molecule has 6 nitrogen and oxygen atoms in total. The van der Waals surface area contributed by atoms with E-state index in [1.54, 1.807) is 54.6 Å². The summed E-state index contributed by atoms with van der Waals surface area (Å²) in [6.45, 7) is 8.58. The molecule has 0 amide bonds. The van der Waals surface area contributed by atoms with Crippen molar-refractivity contribution in [1.29, 1.82) is 0 Å². The number of hydrogen-bond acceptors (Lipinski definition) is 6. The fourth-order valence-corrected chi connectivity index (χ4v) is 3.74. The van der Waals surface area contributed by atoms with Crippen LogP contribution in [-0.2, 0) is 4.79 Å². The number of rotatable bonds is 4. The second-order valence-electron chi connectivity index (χ2n) is 7.94. The summed E-state index contributed by atoms with van der Waals surface area (Å²) in [5, 5.41) is 30.2. The molecule has 1 aliphatic rings. The van der Waals surface area contributed by atoms with Gasteiger partial charge >= 0.3 is 0 Å². The van der Waals surface area contributed by atoms with Crippen molar-refractivity contribution in [3.63, 3.8) is 0 Å². The minimum absolute atomic E-state index is 0.144. The number of ketones is 1. The van der Waals surface area contributed by atoms with Crippen LogP contribution in [0.25, 0.3) is 11.1 Å². The van der Waals surface area contributed by atoms with Gasteiger partial charge in [-0.15, -0.1) is 0 Å². The minimum Gasteiger partial charge on any atom is -0.508 e. The number of aliphatic imine (C=N–C) groups is 1. The van der Waals surface area contributed by atoms with E-state index in [0.717, 1.165) is 28.0 Å². The molecule has 1 heterocycles. The number of hydrogen-bond donors (Lipinski definition) is 3. The Bertz CT molecular complexity index is 1180. The molecular formula is C27H28N2O4. The monoisotopic (exact) mass is 444 g/mol. The number of carbonyl (C=O) groups is 1. The number of carbonyl (C=O) groups excluding carboxylic acids is 1. The Morgan fingerprint density at radius 1 is 0.970 bits per heavy atom. The number of phenolic OH excluding ortho intramolecular Hbond substituents is 2. The van der Waals surface area contributed by atoms with Gasteiger partial charge in [-0.3, -0.25) is 9.79 Å². The van der Waals surface area contributed by atoms with Crippen LogP contribution in [0.4, 0.5) is 0 Å². The number of aromatic hydroxyl groups is 2. The highest BCUT2D eigenvalue weighted by atomic mass is 16.3. The molecule has 2 aromatic carbocycles. The largest absolute Gasteiger partial charge is 0.508 e. The molecule has 0 saturated heterocycles. The van der Waals surface area contributed by atoms with Gasteiger partial charge in [-0.2, -0.15) is 0 Å². The van der Waals surface area contributed by atoms with Crippen LogP contribution < -0.4 is 0 Å². The summed E-state index contributed by atoms with van der Waals surface area (Å²) in [5.74, 6) is -0.128. The van der Waals surface area contributed by atoms with E-state index in [2.05, 4.69) is 11.6 Å². The number of aliphatic hydroxyl groups excluding tert-OH is 1. The van der Waals surface area contributed by atoms with Gasteiger partial charge in [0.05, 0.1) is 12.1 Å². The number of Topliss-reactive ketones (excluding diaryl/α,β-unsaturated/α-hetero) is 1. The van der Waals surface area contributed by atoms with E-state index in [-0.39, 0.29) is 28.6 Å². The lowest BCUT2D eigenvalue weighted by molar-refractivity contribution is -0.113. The molecule has 0 fully saturated rings. The molecule has 3 N–H and O–H groups in total. The summed E-state index contributed by atoms with van der Waals surface area (Å²) >= 11 is 0. The highest BCUT2D eigenvalue weighted by Crippen LogP contribution is 2.37. The number of aliphatic hydroxyl groups is 1. The maximum Gasteiger partial charge on any atom is 0.165 e. The lowest BCUT2D eigenvalue weighted by atomic mass is 9.89. The van der Waals surface area contributed by atoms with Crippen LogP contribution in [-0.4, -0.2) is 52.4 Å². The van der Waals surface area contributed by atoms with E-state index in [4.69, 9.17) is 0 Å². The lowest BCUT2D eigenvalue weighted by Gasteiger charge is -2.28. The SMILES string of the molecule is C=C(/C(=C1/C(C)=C/C(O)=C(/C(C)=O)C=NCCN1C)c1ccc(O)cc1)c1ccc(O)cc1. The minimum atomic E-state index is -0.271. The van der Waals surface area contributed by atoms with Gasteiger partial charge < -0.3 is 20.2 Å². The predicted molar refractivity (Wildman–Crippen MR) is 132 cm³/mol. The Morgan fingerprint density at radius 3 is 2.06 bits per heavy atom. The topological polar surface area (TPSA) is 93.4 Å². The molecule has 0 unspecified atom stereocenters. The summed E-state index contributed by atoms with van der Waals surface area (Å²) in [6.07, 6.45) is 2.98. The van der Waals surface area contributed by atoms with Gasteiger partial charge in [-0.25, -0.2) is 0 Å². The highest BCUT2D eigenvalue weighted by Gasteiger charge is 2.21. The van der Waals surface area contributed by atoms with Crippen LogP contribution in [0, 0.1) is 0 Å². The molecule has 2 aromatic rings. The number of likely N-dealkylation sites (N-methyl/N-ethyl adjacent to an activating group) is 1. The highest BCUT2D eigenvalue weighted by molar-refractivity contribution is 6.13. The number of phenols is 2. The molecular weight excluding hydrogens is 416 g/mol. The van der Waals surface area contributed by atoms with Gasteiger partial charge in [0.2, 0.25) is 0 Å². The van der Waals surface area contributed by atoms with E-state index >= 15 is 0 Å². The summed E-state index contributed by atoms with van der Waals surface area (Å²) in [4.78, 5) is 18.4. The first-order valence-electron chi connectivity index (χ1n) is 10.5. The van der Waals surface area contributed by atoms with Crippen LogP contribution in [0.1, 0.15) is 25.0 Å². The van der Waals surface area contributed by atoms with Crippen LogP contribution in [0.3, 0.4) is 0 Å². The summed E-state index contributed by atoms with van der Waals surface area (Å²) in [7, 11) is 1.93. The zero-order valence-electron chi connectivity index (χ0n) is 19.0. The van der Waals surface area contributed by atoms with Crippen molar-refractivity contribution in [2.24, 2.45) is 4.99 Å². The molecule has 0 spiro atoms. The lowest BCUT2D eigenvalue weighted by Crippen LogP contribution is -2.24. The molecule has 6 heteroatoms. The van der Waals surface area contributed by atoms with Gasteiger partial charge in [0, 0.05) is 31.1 Å². The normalized spacial score (nSPS) is 20.1. The molecule has 0 radical (unpaired) electrons. The van der Waals surface area contributed by atoms with Crippen molar-refractivity contribution in [3.8, 4) is 11.5 Å². The molecule has 0 saturated carbocycles. The first-order valence-corrected chi connectivity index (χ1v) is 10.5. The first-order chi connectivity index (χ1) is 15.7. The van der Waals surface area contributed by atoms with Crippen LogP contribution in [0.2, 0.25) is 0 Å². The Morgan fingerprint density at radius 2 is 1.52 bits per heavy atom. The Hall–Kier alpha value is -4.06. The summed E-state index contributed by atoms with van der Waals surface area (Å²) < 4.78 is 0. The fourth-order valence-electron chi connectivity index (χ4n) is 3.74. The second-order valence-corrected chi connectivity index (χ2v) is 7.94. The van der Waals surface area contributed by atoms with Crippen molar-refractivity contribution in [1.82, 2.24) is 4.90 Å². The van der Waals surface area contributed by atoms with Gasteiger partial charge in [0.1, 0.15) is 17.3 Å². The molecule has 0 bridgehead atoms. The molecule has 33 heavy (non-hydrogen) atoms. The fraction of sp³-hybridized carbons (Fsp3) is 0.185.